The number of thiocarbonyl (C=S) groups is 1. The summed E-state index contributed by atoms with van der Waals surface area (Å²) in [5.74, 6) is 0. The lowest BCUT2D eigenvalue weighted by atomic mass is 10.1. The molecule has 0 aliphatic carbocycles. The van der Waals surface area contributed by atoms with Crippen molar-refractivity contribution < 1.29 is 0 Å². The second-order valence-electron chi connectivity index (χ2n) is 4.27. The first kappa shape index (κ1) is 13.1. The van der Waals surface area contributed by atoms with Gasteiger partial charge in [-0.25, -0.2) is 0 Å². The van der Waals surface area contributed by atoms with Gasteiger partial charge in [-0.1, -0.05) is 42.5 Å². The lowest BCUT2D eigenvalue weighted by molar-refractivity contribution is 0.257. The summed E-state index contributed by atoms with van der Waals surface area (Å²) in [5, 5.41) is 0. The molecule has 16 heavy (non-hydrogen) atoms. The standard InChI is InChI=1S/C13H20N2S/c1-11(2)15(10-13(14)16)9-8-12-6-4-3-5-7-12/h3-7,11H,8-10H2,1-2H3,(H2,14,16). The third-order valence-electron chi connectivity index (χ3n) is 2.62. The Morgan fingerprint density at radius 2 is 1.94 bits per heavy atom. The number of rotatable bonds is 6. The molecule has 0 bridgehead atoms. The molecule has 0 spiro atoms. The maximum absolute atomic E-state index is 5.59. The Hall–Kier alpha value is -0.930. The zero-order valence-corrected chi connectivity index (χ0v) is 10.8. The molecule has 2 N–H and O–H groups in total. The summed E-state index contributed by atoms with van der Waals surface area (Å²) < 4.78 is 0. The fraction of sp³-hybridized carbons (Fsp3) is 0.462. The highest BCUT2D eigenvalue weighted by Crippen LogP contribution is 2.04. The van der Waals surface area contributed by atoms with Crippen LogP contribution in [0.25, 0.3) is 0 Å². The van der Waals surface area contributed by atoms with Crippen LogP contribution < -0.4 is 5.73 Å². The van der Waals surface area contributed by atoms with E-state index in [1.807, 2.05) is 6.07 Å². The lowest BCUT2D eigenvalue weighted by Gasteiger charge is -2.25. The van der Waals surface area contributed by atoms with Gasteiger partial charge in [-0.15, -0.1) is 0 Å². The minimum absolute atomic E-state index is 0.477. The summed E-state index contributed by atoms with van der Waals surface area (Å²) in [6.45, 7) is 6.05. The molecule has 0 heterocycles. The summed E-state index contributed by atoms with van der Waals surface area (Å²) in [6.07, 6.45) is 1.04. The van der Waals surface area contributed by atoms with Crippen LogP contribution in [0.2, 0.25) is 0 Å². The van der Waals surface area contributed by atoms with E-state index in [0.717, 1.165) is 13.0 Å². The first-order valence-electron chi connectivity index (χ1n) is 5.66. The minimum atomic E-state index is 0.477. The van der Waals surface area contributed by atoms with Gasteiger partial charge in [0.2, 0.25) is 0 Å². The normalized spacial score (nSPS) is 11.0. The van der Waals surface area contributed by atoms with Gasteiger partial charge in [0.15, 0.2) is 0 Å². The number of hydrogen-bond donors (Lipinski definition) is 1. The van der Waals surface area contributed by atoms with Gasteiger partial charge in [-0.3, -0.25) is 4.90 Å². The van der Waals surface area contributed by atoms with E-state index in [1.54, 1.807) is 0 Å². The average molecular weight is 236 g/mol. The predicted octanol–water partition coefficient (Wildman–Crippen LogP) is 2.23. The summed E-state index contributed by atoms with van der Waals surface area (Å²) in [4.78, 5) is 2.87. The molecule has 0 saturated heterocycles. The van der Waals surface area contributed by atoms with Crippen molar-refractivity contribution in [1.82, 2.24) is 4.90 Å². The zero-order chi connectivity index (χ0) is 12.0. The maximum atomic E-state index is 5.59. The van der Waals surface area contributed by atoms with Gasteiger partial charge >= 0.3 is 0 Å². The SMILES string of the molecule is CC(C)N(CCc1ccccc1)CC(N)=S. The third-order valence-corrected chi connectivity index (χ3v) is 2.75. The monoisotopic (exact) mass is 236 g/mol. The van der Waals surface area contributed by atoms with Crippen LogP contribution in [0, 0.1) is 0 Å². The van der Waals surface area contributed by atoms with Gasteiger partial charge in [-0.05, 0) is 25.8 Å². The van der Waals surface area contributed by atoms with Gasteiger partial charge in [0.1, 0.15) is 0 Å². The van der Waals surface area contributed by atoms with Gasteiger partial charge in [0, 0.05) is 19.1 Å². The molecule has 0 aliphatic heterocycles. The van der Waals surface area contributed by atoms with Crippen LogP contribution in [0.1, 0.15) is 19.4 Å². The summed E-state index contributed by atoms with van der Waals surface area (Å²) in [7, 11) is 0. The van der Waals surface area contributed by atoms with Crippen LogP contribution in [0.4, 0.5) is 0 Å². The van der Waals surface area contributed by atoms with Crippen molar-refractivity contribution in [3.8, 4) is 0 Å². The van der Waals surface area contributed by atoms with E-state index in [4.69, 9.17) is 18.0 Å². The molecule has 3 heteroatoms. The van der Waals surface area contributed by atoms with Crippen molar-refractivity contribution in [3.63, 3.8) is 0 Å². The quantitative estimate of drug-likeness (QED) is 0.768. The fourth-order valence-electron chi connectivity index (χ4n) is 1.64. The number of nitrogens with two attached hydrogens (primary N) is 1. The number of hydrogen-bond acceptors (Lipinski definition) is 2. The molecule has 2 nitrogen and oxygen atoms in total. The van der Waals surface area contributed by atoms with E-state index in [1.165, 1.54) is 5.56 Å². The van der Waals surface area contributed by atoms with E-state index in [9.17, 15) is 0 Å². The Morgan fingerprint density at radius 1 is 1.31 bits per heavy atom. The zero-order valence-electron chi connectivity index (χ0n) is 10.0. The van der Waals surface area contributed by atoms with Crippen LogP contribution in [-0.4, -0.2) is 29.0 Å². The van der Waals surface area contributed by atoms with Gasteiger partial charge in [-0.2, -0.15) is 0 Å². The Morgan fingerprint density at radius 3 is 2.44 bits per heavy atom. The Bertz CT molecular complexity index is 322. The topological polar surface area (TPSA) is 29.3 Å². The molecule has 0 aromatic heterocycles. The molecular weight excluding hydrogens is 216 g/mol. The highest BCUT2D eigenvalue weighted by atomic mass is 32.1. The van der Waals surface area contributed by atoms with Gasteiger partial charge in [0.05, 0.1) is 4.99 Å². The summed E-state index contributed by atoms with van der Waals surface area (Å²) in [6, 6.07) is 11.0. The molecule has 0 amide bonds. The fourth-order valence-corrected chi connectivity index (χ4v) is 1.80. The Kier molecular flexibility index (Phi) is 5.43. The predicted molar refractivity (Wildman–Crippen MR) is 73.6 cm³/mol. The molecule has 0 radical (unpaired) electrons. The molecule has 0 unspecified atom stereocenters. The van der Waals surface area contributed by atoms with Crippen LogP contribution in [0.5, 0.6) is 0 Å². The molecule has 0 saturated carbocycles. The van der Waals surface area contributed by atoms with Crippen molar-refractivity contribution in [3.05, 3.63) is 35.9 Å². The van der Waals surface area contributed by atoms with Crippen molar-refractivity contribution >= 4 is 17.2 Å². The van der Waals surface area contributed by atoms with Crippen LogP contribution in [0.3, 0.4) is 0 Å². The second-order valence-corrected chi connectivity index (χ2v) is 4.79. The van der Waals surface area contributed by atoms with Crippen LogP contribution >= 0.6 is 12.2 Å². The lowest BCUT2D eigenvalue weighted by Crippen LogP contribution is -2.39. The van der Waals surface area contributed by atoms with Crippen molar-refractivity contribution in [2.75, 3.05) is 13.1 Å². The molecule has 0 aliphatic rings. The second kappa shape index (κ2) is 6.61. The van der Waals surface area contributed by atoms with E-state index >= 15 is 0 Å². The maximum Gasteiger partial charge on any atom is 0.0870 e. The highest BCUT2D eigenvalue weighted by Gasteiger charge is 2.09. The van der Waals surface area contributed by atoms with Gasteiger partial charge in [0.25, 0.3) is 0 Å². The first-order valence-corrected chi connectivity index (χ1v) is 6.06. The first-order chi connectivity index (χ1) is 7.59. The molecule has 0 atom stereocenters. The Labute approximate surface area is 103 Å². The smallest absolute Gasteiger partial charge is 0.0870 e. The molecule has 1 aromatic rings. The van der Waals surface area contributed by atoms with Crippen molar-refractivity contribution in [2.24, 2.45) is 5.73 Å². The minimum Gasteiger partial charge on any atom is -0.392 e. The molecule has 1 rings (SSSR count). The third kappa shape index (κ3) is 4.73. The molecule has 88 valence electrons. The molecule has 1 aromatic carbocycles. The summed E-state index contributed by atoms with van der Waals surface area (Å²) in [5.41, 5.74) is 6.95. The van der Waals surface area contributed by atoms with Crippen LogP contribution in [0.15, 0.2) is 30.3 Å². The Balaban J connectivity index is 2.47. The number of benzene rings is 1. The highest BCUT2D eigenvalue weighted by molar-refractivity contribution is 7.80. The van der Waals surface area contributed by atoms with Crippen LogP contribution in [-0.2, 0) is 6.42 Å². The summed E-state index contributed by atoms with van der Waals surface area (Å²) >= 11 is 4.96. The van der Waals surface area contributed by atoms with E-state index in [-0.39, 0.29) is 0 Å². The van der Waals surface area contributed by atoms with E-state index < -0.39 is 0 Å². The van der Waals surface area contributed by atoms with Crippen molar-refractivity contribution in [2.45, 2.75) is 26.3 Å². The molecule has 0 fully saturated rings. The number of nitrogens with zero attached hydrogens (tertiary/aromatic N) is 1. The van der Waals surface area contributed by atoms with Gasteiger partial charge < -0.3 is 5.73 Å². The van der Waals surface area contributed by atoms with E-state index in [0.29, 0.717) is 17.6 Å². The largest absolute Gasteiger partial charge is 0.392 e. The van der Waals surface area contributed by atoms with Crippen molar-refractivity contribution in [1.29, 1.82) is 0 Å². The molecular formula is C13H20N2S. The average Bonchev–Trinajstić information content (AvgIpc) is 2.25. The van der Waals surface area contributed by atoms with E-state index in [2.05, 4.69) is 43.0 Å².